The van der Waals surface area contributed by atoms with Crippen molar-refractivity contribution >= 4 is 115 Å². The van der Waals surface area contributed by atoms with Crippen LogP contribution in [0.1, 0.15) is 0 Å². The van der Waals surface area contributed by atoms with E-state index in [0.29, 0.717) is 0 Å². The van der Waals surface area contributed by atoms with E-state index in [2.05, 4.69) is 179 Å². The normalized spacial score (nSPS) is 12.2. The summed E-state index contributed by atoms with van der Waals surface area (Å²) in [5.74, 6) is -0.289. The molecule has 0 saturated heterocycles. The highest BCUT2D eigenvalue weighted by Gasteiger charge is 2.28. The van der Waals surface area contributed by atoms with Crippen LogP contribution >= 0.6 is 0 Å². The van der Waals surface area contributed by atoms with Gasteiger partial charge >= 0.3 is 0 Å². The molecule has 0 aliphatic rings. The highest BCUT2D eigenvalue weighted by atomic mass is 19.1. The molecule has 0 saturated carbocycles. The Morgan fingerprint density at radius 3 is 1.89 bits per heavy atom. The average Bonchev–Trinajstić information content (AvgIpc) is 4.02. The van der Waals surface area contributed by atoms with Crippen LogP contribution in [0.15, 0.2) is 209 Å². The molecule has 0 aliphatic heterocycles. The minimum Gasteiger partial charge on any atom is -0.454 e. The molecular formula is C58H33FN2O2. The number of aromatic nitrogens is 1. The smallest absolute Gasteiger partial charge is 0.160 e. The molecular weight excluding hydrogens is 776 g/mol. The SMILES string of the molecule is Fc1ccc(N(c2cccc3ccccc23)c2cccc3c2oc2cc4ccc5cc6c7ccccc7oc6c6c5c4c(c23)n6-c2cccc(-c3cccc4ccccc34)c2)cc1. The Balaban J connectivity index is 1.13. The van der Waals surface area contributed by atoms with Crippen molar-refractivity contribution in [3.8, 4) is 16.8 Å². The molecule has 0 atom stereocenters. The molecule has 14 rings (SSSR count). The summed E-state index contributed by atoms with van der Waals surface area (Å²) in [5.41, 5.74) is 11.3. The van der Waals surface area contributed by atoms with Gasteiger partial charge in [-0.05, 0) is 105 Å². The van der Waals surface area contributed by atoms with Gasteiger partial charge < -0.3 is 18.3 Å². The van der Waals surface area contributed by atoms with Crippen molar-refractivity contribution in [2.24, 2.45) is 0 Å². The first-order valence-electron chi connectivity index (χ1n) is 21.3. The first-order valence-corrected chi connectivity index (χ1v) is 21.3. The number of hydrogen-bond acceptors (Lipinski definition) is 3. The van der Waals surface area contributed by atoms with Crippen LogP contribution in [0.4, 0.5) is 21.5 Å². The minimum atomic E-state index is -0.289. The molecule has 0 radical (unpaired) electrons. The van der Waals surface area contributed by atoms with Gasteiger partial charge in [0.1, 0.15) is 17.0 Å². The lowest BCUT2D eigenvalue weighted by Crippen LogP contribution is -2.10. The van der Waals surface area contributed by atoms with Crippen LogP contribution in [0.5, 0.6) is 0 Å². The number of hydrogen-bond donors (Lipinski definition) is 0. The zero-order chi connectivity index (χ0) is 41.3. The van der Waals surface area contributed by atoms with Crippen molar-refractivity contribution in [2.75, 3.05) is 4.90 Å². The number of para-hydroxylation sites is 2. The summed E-state index contributed by atoms with van der Waals surface area (Å²) in [6.07, 6.45) is 0. The molecule has 63 heavy (non-hydrogen) atoms. The summed E-state index contributed by atoms with van der Waals surface area (Å²) in [6, 6.07) is 69.1. The molecule has 0 unspecified atom stereocenters. The summed E-state index contributed by atoms with van der Waals surface area (Å²) in [6.45, 7) is 0. The van der Waals surface area contributed by atoms with Crippen molar-refractivity contribution in [1.29, 1.82) is 0 Å². The van der Waals surface area contributed by atoms with Gasteiger partial charge in [-0.15, -0.1) is 0 Å². The number of anilines is 3. The molecule has 0 bridgehead atoms. The monoisotopic (exact) mass is 808 g/mol. The molecule has 5 heteroatoms. The van der Waals surface area contributed by atoms with Gasteiger partial charge in [0.25, 0.3) is 0 Å². The fraction of sp³-hybridized carbons (Fsp3) is 0. The molecule has 4 nitrogen and oxygen atoms in total. The van der Waals surface area contributed by atoms with E-state index in [1.807, 2.05) is 18.2 Å². The Labute approximate surface area is 359 Å². The Hall–Kier alpha value is -8.41. The molecule has 3 heterocycles. The molecule has 0 aliphatic carbocycles. The average molecular weight is 809 g/mol. The van der Waals surface area contributed by atoms with E-state index in [4.69, 9.17) is 8.83 Å². The number of nitrogens with zero attached hydrogens (tertiary/aromatic N) is 2. The van der Waals surface area contributed by atoms with Crippen LogP contribution < -0.4 is 4.90 Å². The number of halogens is 1. The zero-order valence-corrected chi connectivity index (χ0v) is 33.6. The highest BCUT2D eigenvalue weighted by Crippen LogP contribution is 2.51. The summed E-state index contributed by atoms with van der Waals surface area (Å²) in [4.78, 5) is 2.20. The van der Waals surface area contributed by atoms with Crippen LogP contribution in [0.25, 0.3) is 115 Å². The van der Waals surface area contributed by atoms with Gasteiger partial charge in [-0.1, -0.05) is 133 Å². The van der Waals surface area contributed by atoms with Crippen molar-refractivity contribution in [3.05, 3.63) is 206 Å². The molecule has 11 aromatic carbocycles. The van der Waals surface area contributed by atoms with Crippen molar-refractivity contribution in [1.82, 2.24) is 4.57 Å². The molecule has 3 aromatic heterocycles. The summed E-state index contributed by atoms with van der Waals surface area (Å²) in [5, 5.41) is 13.3. The van der Waals surface area contributed by atoms with Gasteiger partial charge in [0, 0.05) is 43.7 Å². The van der Waals surface area contributed by atoms with Gasteiger partial charge in [-0.25, -0.2) is 4.39 Å². The second-order valence-corrected chi connectivity index (χ2v) is 16.5. The number of furan rings is 2. The number of benzene rings is 11. The third kappa shape index (κ3) is 4.84. The molecule has 294 valence electrons. The quantitative estimate of drug-likeness (QED) is 0.162. The molecule has 0 amide bonds. The second kappa shape index (κ2) is 12.8. The minimum absolute atomic E-state index is 0.289. The van der Waals surface area contributed by atoms with Crippen molar-refractivity contribution < 1.29 is 13.2 Å². The number of rotatable bonds is 5. The first-order chi connectivity index (χ1) is 31.2. The van der Waals surface area contributed by atoms with Crippen LogP contribution in [0.2, 0.25) is 0 Å². The van der Waals surface area contributed by atoms with E-state index < -0.39 is 0 Å². The largest absolute Gasteiger partial charge is 0.454 e. The second-order valence-electron chi connectivity index (χ2n) is 16.5. The van der Waals surface area contributed by atoms with Gasteiger partial charge in [0.2, 0.25) is 0 Å². The maximum absolute atomic E-state index is 14.6. The number of fused-ring (bicyclic) bond motifs is 10. The molecule has 0 N–H and O–H groups in total. The van der Waals surface area contributed by atoms with Crippen LogP contribution in [0.3, 0.4) is 0 Å². The predicted octanol–water partition coefficient (Wildman–Crippen LogP) is 16.8. The van der Waals surface area contributed by atoms with Gasteiger partial charge in [-0.2, -0.15) is 0 Å². The summed E-state index contributed by atoms with van der Waals surface area (Å²) < 4.78 is 31.1. The third-order valence-electron chi connectivity index (χ3n) is 13.1. The summed E-state index contributed by atoms with van der Waals surface area (Å²) in [7, 11) is 0. The van der Waals surface area contributed by atoms with Gasteiger partial charge in [0.05, 0.1) is 27.8 Å². The van der Waals surface area contributed by atoms with Crippen LogP contribution in [-0.4, -0.2) is 4.57 Å². The highest BCUT2D eigenvalue weighted by molar-refractivity contribution is 6.37. The Morgan fingerprint density at radius 1 is 0.397 bits per heavy atom. The topological polar surface area (TPSA) is 34.5 Å². The standard InChI is InChI=1S/C58H33FN2O2/c59-39-27-29-40(30-28-39)60(48-22-9-14-35-12-2-4-18-44(35)48)49-23-10-21-46-54-51(63-57(46)49)33-38-26-25-37-32-47-45-19-5-6-24-50(45)62-58(47)56-53(37)52(38)55(54)61(56)41-16-7-15-36(31-41)43-20-8-13-34-11-1-3-17-42(34)43/h1-33H. The van der Waals surface area contributed by atoms with Crippen LogP contribution in [-0.2, 0) is 0 Å². The zero-order valence-electron chi connectivity index (χ0n) is 33.6. The molecule has 0 fully saturated rings. The van der Waals surface area contributed by atoms with E-state index in [-0.39, 0.29) is 5.82 Å². The Morgan fingerprint density at radius 2 is 1.03 bits per heavy atom. The molecule has 0 spiro atoms. The third-order valence-corrected chi connectivity index (χ3v) is 13.1. The van der Waals surface area contributed by atoms with E-state index in [9.17, 15) is 4.39 Å². The van der Waals surface area contributed by atoms with Gasteiger partial charge in [0.15, 0.2) is 11.2 Å². The fourth-order valence-electron chi connectivity index (χ4n) is 10.4. The van der Waals surface area contributed by atoms with Crippen molar-refractivity contribution in [2.45, 2.75) is 0 Å². The van der Waals surface area contributed by atoms with Gasteiger partial charge in [-0.3, -0.25) is 0 Å². The first kappa shape index (κ1) is 34.3. The lowest BCUT2D eigenvalue weighted by atomic mass is 9.98. The predicted molar refractivity (Wildman–Crippen MR) is 259 cm³/mol. The maximum Gasteiger partial charge on any atom is 0.160 e. The Bertz CT molecular complexity index is 4160. The lowest BCUT2D eigenvalue weighted by Gasteiger charge is -2.26. The maximum atomic E-state index is 14.6. The van der Waals surface area contributed by atoms with E-state index in [0.717, 1.165) is 116 Å². The van der Waals surface area contributed by atoms with E-state index in [1.165, 1.54) is 28.5 Å². The molecule has 14 aromatic rings. The van der Waals surface area contributed by atoms with E-state index in [1.54, 1.807) is 0 Å². The Kier molecular flexibility index (Phi) is 6.97. The lowest BCUT2D eigenvalue weighted by molar-refractivity contribution is 0.628. The van der Waals surface area contributed by atoms with Crippen LogP contribution in [0, 0.1) is 5.82 Å². The fourth-order valence-corrected chi connectivity index (χ4v) is 10.4. The summed E-state index contributed by atoms with van der Waals surface area (Å²) >= 11 is 0. The van der Waals surface area contributed by atoms with Crippen molar-refractivity contribution in [3.63, 3.8) is 0 Å². The van der Waals surface area contributed by atoms with E-state index >= 15 is 0 Å².